The summed E-state index contributed by atoms with van der Waals surface area (Å²) < 4.78 is 10.1. The van der Waals surface area contributed by atoms with Crippen LogP contribution in [0.5, 0.6) is 0 Å². The second kappa shape index (κ2) is 5.71. The molecule has 0 amide bonds. The van der Waals surface area contributed by atoms with Gasteiger partial charge in [0.1, 0.15) is 24.4 Å². The van der Waals surface area contributed by atoms with Crippen molar-refractivity contribution in [2.24, 2.45) is 5.73 Å². The molecule has 1 aliphatic rings. The largest absolute Gasteiger partial charge is 0.394 e. The Kier molecular flexibility index (Phi) is 4.87. The van der Waals surface area contributed by atoms with Crippen molar-refractivity contribution in [1.29, 1.82) is 0 Å². The third kappa shape index (κ3) is 2.85. The predicted octanol–water partition coefficient (Wildman–Crippen LogP) is -3.24. The zero-order valence-corrected chi connectivity index (χ0v) is 8.19. The fourth-order valence-corrected chi connectivity index (χ4v) is 1.39. The van der Waals surface area contributed by atoms with Gasteiger partial charge in [0.15, 0.2) is 6.29 Å². The summed E-state index contributed by atoms with van der Waals surface area (Å²) in [5.41, 5.74) is 5.20. The first-order chi connectivity index (χ1) is 7.11. The van der Waals surface area contributed by atoms with E-state index in [1.807, 2.05) is 0 Å². The summed E-state index contributed by atoms with van der Waals surface area (Å²) in [5, 5.41) is 37.1. The third-order valence-electron chi connectivity index (χ3n) is 2.25. The molecule has 0 aromatic heterocycles. The van der Waals surface area contributed by atoms with Gasteiger partial charge in [-0.25, -0.2) is 0 Å². The minimum atomic E-state index is -1.40. The molecule has 1 heterocycles. The van der Waals surface area contributed by atoms with Crippen LogP contribution in [0.15, 0.2) is 0 Å². The molecule has 0 saturated carbocycles. The zero-order valence-electron chi connectivity index (χ0n) is 8.19. The van der Waals surface area contributed by atoms with Gasteiger partial charge in [-0.15, -0.1) is 0 Å². The molecule has 90 valence electrons. The lowest BCUT2D eigenvalue weighted by Gasteiger charge is -2.39. The molecule has 0 bridgehead atoms. The van der Waals surface area contributed by atoms with Crippen LogP contribution in [0, 0.1) is 0 Å². The number of ether oxygens (including phenoxy) is 2. The maximum Gasteiger partial charge on any atom is 0.186 e. The van der Waals surface area contributed by atoms with E-state index in [2.05, 4.69) is 0 Å². The first kappa shape index (κ1) is 12.8. The van der Waals surface area contributed by atoms with Gasteiger partial charge in [-0.05, 0) is 0 Å². The van der Waals surface area contributed by atoms with Crippen LogP contribution in [0.1, 0.15) is 0 Å². The highest BCUT2D eigenvalue weighted by molar-refractivity contribution is 4.88. The molecule has 5 atom stereocenters. The van der Waals surface area contributed by atoms with Gasteiger partial charge in [0.25, 0.3) is 0 Å². The van der Waals surface area contributed by atoms with Crippen molar-refractivity contribution in [1.82, 2.24) is 0 Å². The van der Waals surface area contributed by atoms with Gasteiger partial charge < -0.3 is 35.6 Å². The van der Waals surface area contributed by atoms with E-state index in [4.69, 9.17) is 20.3 Å². The molecule has 0 aromatic carbocycles. The van der Waals surface area contributed by atoms with E-state index in [1.54, 1.807) is 0 Å². The molecule has 6 N–H and O–H groups in total. The maximum absolute atomic E-state index is 9.47. The van der Waals surface area contributed by atoms with Crippen LogP contribution in [-0.4, -0.2) is 70.9 Å². The Balaban J connectivity index is 2.57. The van der Waals surface area contributed by atoms with Crippen molar-refractivity contribution in [3.05, 3.63) is 0 Å². The molecule has 1 fully saturated rings. The van der Waals surface area contributed by atoms with Crippen molar-refractivity contribution in [2.75, 3.05) is 19.8 Å². The van der Waals surface area contributed by atoms with Gasteiger partial charge in [-0.1, -0.05) is 0 Å². The maximum atomic E-state index is 9.47. The summed E-state index contributed by atoms with van der Waals surface area (Å²) >= 11 is 0. The van der Waals surface area contributed by atoms with E-state index in [9.17, 15) is 15.3 Å². The molecule has 1 saturated heterocycles. The van der Waals surface area contributed by atoms with Crippen molar-refractivity contribution >= 4 is 0 Å². The molecular formula is C8H17NO6. The van der Waals surface area contributed by atoms with Crippen molar-refractivity contribution in [2.45, 2.75) is 30.7 Å². The van der Waals surface area contributed by atoms with E-state index >= 15 is 0 Å². The molecule has 5 unspecified atom stereocenters. The van der Waals surface area contributed by atoms with E-state index in [0.29, 0.717) is 0 Å². The number of rotatable bonds is 4. The monoisotopic (exact) mass is 223 g/mol. The summed E-state index contributed by atoms with van der Waals surface area (Å²) in [6, 6.07) is 0. The second-order valence-electron chi connectivity index (χ2n) is 3.36. The van der Waals surface area contributed by atoms with Crippen LogP contribution in [0.4, 0.5) is 0 Å². The topological polar surface area (TPSA) is 125 Å². The quantitative estimate of drug-likeness (QED) is 0.339. The van der Waals surface area contributed by atoms with Crippen LogP contribution in [0.25, 0.3) is 0 Å². The molecule has 1 rings (SSSR count). The van der Waals surface area contributed by atoms with Crippen LogP contribution in [0.2, 0.25) is 0 Å². The minimum absolute atomic E-state index is 0.155. The van der Waals surface area contributed by atoms with Crippen LogP contribution < -0.4 is 5.73 Å². The summed E-state index contributed by atoms with van der Waals surface area (Å²) in [5.74, 6) is 0. The molecule has 0 aromatic rings. The molecule has 7 heteroatoms. The highest BCUT2D eigenvalue weighted by atomic mass is 16.7. The number of nitrogens with two attached hydrogens (primary N) is 1. The van der Waals surface area contributed by atoms with Gasteiger partial charge in [-0.2, -0.15) is 0 Å². The van der Waals surface area contributed by atoms with Crippen LogP contribution >= 0.6 is 0 Å². The lowest BCUT2D eigenvalue weighted by molar-refractivity contribution is -0.300. The summed E-state index contributed by atoms with van der Waals surface area (Å²) in [4.78, 5) is 0. The molecule has 0 spiro atoms. The Bertz CT molecular complexity index is 190. The molecule has 7 nitrogen and oxygen atoms in total. The number of aliphatic hydroxyl groups is 4. The van der Waals surface area contributed by atoms with E-state index in [-0.39, 0.29) is 13.2 Å². The fourth-order valence-electron chi connectivity index (χ4n) is 1.39. The Hall–Kier alpha value is -0.280. The standard InChI is InChI=1S/C8H17NO6/c9-1-2-14-8-7(13)6(12)5(11)4(3-10)15-8/h4-8,10-13H,1-3,9H2. The number of hydrogen-bond acceptors (Lipinski definition) is 7. The van der Waals surface area contributed by atoms with Gasteiger partial charge in [0, 0.05) is 6.54 Å². The summed E-state index contributed by atoms with van der Waals surface area (Å²) in [7, 11) is 0. The Morgan fingerprint density at radius 3 is 2.33 bits per heavy atom. The summed E-state index contributed by atoms with van der Waals surface area (Å²) in [6.07, 6.45) is -6.13. The van der Waals surface area contributed by atoms with E-state index in [1.165, 1.54) is 0 Å². The average molecular weight is 223 g/mol. The molecule has 1 aliphatic heterocycles. The smallest absolute Gasteiger partial charge is 0.186 e. The zero-order chi connectivity index (χ0) is 11.4. The van der Waals surface area contributed by atoms with Gasteiger partial charge >= 0.3 is 0 Å². The number of aliphatic hydroxyl groups excluding tert-OH is 4. The Morgan fingerprint density at radius 2 is 1.80 bits per heavy atom. The normalized spacial score (nSPS) is 41.8. The van der Waals surface area contributed by atoms with Crippen molar-refractivity contribution in [3.63, 3.8) is 0 Å². The molecular weight excluding hydrogens is 206 g/mol. The Morgan fingerprint density at radius 1 is 1.13 bits per heavy atom. The van der Waals surface area contributed by atoms with Crippen molar-refractivity contribution in [3.8, 4) is 0 Å². The highest BCUT2D eigenvalue weighted by Gasteiger charge is 2.43. The fraction of sp³-hybridized carbons (Fsp3) is 1.00. The lowest BCUT2D eigenvalue weighted by atomic mass is 9.99. The average Bonchev–Trinajstić information content (AvgIpc) is 2.25. The molecule has 0 aliphatic carbocycles. The lowest BCUT2D eigenvalue weighted by Crippen LogP contribution is -2.59. The van der Waals surface area contributed by atoms with Gasteiger partial charge in [-0.3, -0.25) is 0 Å². The van der Waals surface area contributed by atoms with Gasteiger partial charge in [0.2, 0.25) is 0 Å². The predicted molar refractivity (Wildman–Crippen MR) is 48.8 cm³/mol. The first-order valence-electron chi connectivity index (χ1n) is 4.74. The number of hydrogen-bond donors (Lipinski definition) is 5. The van der Waals surface area contributed by atoms with Crippen molar-refractivity contribution < 1.29 is 29.9 Å². The first-order valence-corrected chi connectivity index (χ1v) is 4.74. The highest BCUT2D eigenvalue weighted by Crippen LogP contribution is 2.21. The van der Waals surface area contributed by atoms with Crippen LogP contribution in [-0.2, 0) is 9.47 Å². The second-order valence-corrected chi connectivity index (χ2v) is 3.36. The molecule has 15 heavy (non-hydrogen) atoms. The minimum Gasteiger partial charge on any atom is -0.394 e. The third-order valence-corrected chi connectivity index (χ3v) is 2.25. The Labute approximate surface area is 87.0 Å². The molecule has 0 radical (unpaired) electrons. The SMILES string of the molecule is NCCOC1OC(CO)C(O)C(O)C1O. The van der Waals surface area contributed by atoms with Gasteiger partial charge in [0.05, 0.1) is 13.2 Å². The summed E-state index contributed by atoms with van der Waals surface area (Å²) in [6.45, 7) is -0.0643. The van der Waals surface area contributed by atoms with E-state index < -0.39 is 37.3 Å². The van der Waals surface area contributed by atoms with Crippen LogP contribution in [0.3, 0.4) is 0 Å². The van der Waals surface area contributed by atoms with E-state index in [0.717, 1.165) is 0 Å².